The third-order valence-electron chi connectivity index (χ3n) is 2.82. The highest BCUT2D eigenvalue weighted by Crippen LogP contribution is 2.26. The molecule has 0 aliphatic carbocycles. The van der Waals surface area contributed by atoms with Crippen LogP contribution in [0.25, 0.3) is 0 Å². The number of benzene rings is 1. The van der Waals surface area contributed by atoms with Crippen molar-refractivity contribution >= 4 is 5.97 Å². The lowest BCUT2D eigenvalue weighted by atomic mass is 9.85. The summed E-state index contributed by atoms with van der Waals surface area (Å²) >= 11 is 0. The summed E-state index contributed by atoms with van der Waals surface area (Å²) in [5.41, 5.74) is 8.02. The minimum Gasteiger partial charge on any atom is -0.481 e. The van der Waals surface area contributed by atoms with Gasteiger partial charge in [0.05, 0.1) is 5.92 Å². The van der Waals surface area contributed by atoms with Gasteiger partial charge < -0.3 is 10.8 Å². The van der Waals surface area contributed by atoms with Crippen molar-refractivity contribution in [2.45, 2.75) is 26.8 Å². The molecule has 0 fully saturated rings. The van der Waals surface area contributed by atoms with E-state index in [1.807, 2.05) is 45.0 Å². The lowest BCUT2D eigenvalue weighted by Crippen LogP contribution is -2.32. The van der Waals surface area contributed by atoms with E-state index in [-0.39, 0.29) is 5.92 Å². The van der Waals surface area contributed by atoms with E-state index in [0.717, 1.165) is 11.1 Å². The summed E-state index contributed by atoms with van der Waals surface area (Å²) in [7, 11) is 0. The van der Waals surface area contributed by atoms with E-state index in [2.05, 4.69) is 0 Å². The fourth-order valence-electron chi connectivity index (χ4n) is 1.94. The predicted molar refractivity (Wildman–Crippen MR) is 64.1 cm³/mol. The highest BCUT2D eigenvalue weighted by Gasteiger charge is 2.29. The zero-order chi connectivity index (χ0) is 12.3. The summed E-state index contributed by atoms with van der Waals surface area (Å²) in [5.74, 6) is -1.35. The van der Waals surface area contributed by atoms with Gasteiger partial charge in [0.2, 0.25) is 0 Å². The van der Waals surface area contributed by atoms with E-state index in [1.165, 1.54) is 0 Å². The Hall–Kier alpha value is -1.35. The molecule has 1 aromatic rings. The summed E-state index contributed by atoms with van der Waals surface area (Å²) in [6.45, 7) is 5.74. The van der Waals surface area contributed by atoms with Crippen LogP contribution in [0.5, 0.6) is 0 Å². The van der Waals surface area contributed by atoms with Gasteiger partial charge in [0, 0.05) is 6.04 Å². The highest BCUT2D eigenvalue weighted by molar-refractivity contribution is 5.71. The molecule has 3 nitrogen and oxygen atoms in total. The van der Waals surface area contributed by atoms with Crippen LogP contribution in [-0.2, 0) is 4.79 Å². The number of rotatable bonds is 4. The highest BCUT2D eigenvalue weighted by atomic mass is 16.4. The summed E-state index contributed by atoms with van der Waals surface area (Å²) in [5, 5.41) is 9.16. The predicted octanol–water partition coefficient (Wildman–Crippen LogP) is 2.35. The molecular formula is C13H19NO2. The van der Waals surface area contributed by atoms with Crippen LogP contribution in [0, 0.1) is 18.8 Å². The van der Waals surface area contributed by atoms with Crippen LogP contribution in [0.15, 0.2) is 24.3 Å². The maximum absolute atomic E-state index is 11.2. The molecule has 0 heterocycles. The minimum atomic E-state index is -0.830. The molecule has 0 amide bonds. The standard InChI is InChI=1S/C13H19NO2/c1-8(2)11(13(15)16)12(14)10-6-4-5-9(3)7-10/h4-8,11-12H,14H2,1-3H3,(H,15,16). The monoisotopic (exact) mass is 221 g/mol. The van der Waals surface area contributed by atoms with Crippen LogP contribution in [0.4, 0.5) is 0 Å². The lowest BCUT2D eigenvalue weighted by Gasteiger charge is -2.23. The Kier molecular flexibility index (Phi) is 4.07. The minimum absolute atomic E-state index is 0.0213. The van der Waals surface area contributed by atoms with Crippen molar-refractivity contribution in [2.75, 3.05) is 0 Å². The van der Waals surface area contributed by atoms with Gasteiger partial charge in [-0.15, -0.1) is 0 Å². The number of carboxylic acid groups (broad SMARTS) is 1. The third kappa shape index (κ3) is 2.83. The molecule has 0 radical (unpaired) electrons. The number of aliphatic carboxylic acids is 1. The van der Waals surface area contributed by atoms with Gasteiger partial charge in [-0.3, -0.25) is 4.79 Å². The van der Waals surface area contributed by atoms with Crippen molar-refractivity contribution in [3.8, 4) is 0 Å². The molecular weight excluding hydrogens is 202 g/mol. The van der Waals surface area contributed by atoms with Gasteiger partial charge in [-0.2, -0.15) is 0 Å². The summed E-state index contributed by atoms with van der Waals surface area (Å²) in [6, 6.07) is 7.27. The van der Waals surface area contributed by atoms with Crippen molar-refractivity contribution in [1.82, 2.24) is 0 Å². The number of carbonyl (C=O) groups is 1. The Balaban J connectivity index is 2.99. The molecule has 0 saturated carbocycles. The van der Waals surface area contributed by atoms with E-state index in [4.69, 9.17) is 10.8 Å². The molecule has 0 bridgehead atoms. The molecule has 0 aromatic heterocycles. The second kappa shape index (κ2) is 5.12. The first-order valence-electron chi connectivity index (χ1n) is 5.48. The number of carboxylic acids is 1. The molecule has 1 rings (SSSR count). The average Bonchev–Trinajstić information content (AvgIpc) is 2.16. The fourth-order valence-corrected chi connectivity index (χ4v) is 1.94. The Labute approximate surface area is 96.3 Å². The van der Waals surface area contributed by atoms with Crippen LogP contribution in [0.3, 0.4) is 0 Å². The van der Waals surface area contributed by atoms with Gasteiger partial charge in [0.1, 0.15) is 0 Å². The first-order valence-corrected chi connectivity index (χ1v) is 5.48. The quantitative estimate of drug-likeness (QED) is 0.820. The van der Waals surface area contributed by atoms with E-state index >= 15 is 0 Å². The van der Waals surface area contributed by atoms with Crippen LogP contribution < -0.4 is 5.73 Å². The van der Waals surface area contributed by atoms with E-state index in [0.29, 0.717) is 0 Å². The smallest absolute Gasteiger partial charge is 0.308 e. The Morgan fingerprint density at radius 3 is 2.44 bits per heavy atom. The van der Waals surface area contributed by atoms with Gasteiger partial charge in [-0.1, -0.05) is 43.7 Å². The summed E-state index contributed by atoms with van der Waals surface area (Å²) in [4.78, 5) is 11.2. The van der Waals surface area contributed by atoms with Gasteiger partial charge in [0.25, 0.3) is 0 Å². The zero-order valence-electron chi connectivity index (χ0n) is 9.97. The number of aryl methyl sites for hydroxylation is 1. The molecule has 0 saturated heterocycles. The molecule has 2 atom stereocenters. The maximum atomic E-state index is 11.2. The van der Waals surface area contributed by atoms with Crippen molar-refractivity contribution in [2.24, 2.45) is 17.6 Å². The van der Waals surface area contributed by atoms with Crippen molar-refractivity contribution in [3.05, 3.63) is 35.4 Å². The van der Waals surface area contributed by atoms with Crippen LogP contribution >= 0.6 is 0 Å². The first kappa shape index (κ1) is 12.7. The SMILES string of the molecule is Cc1cccc(C(N)C(C(=O)O)C(C)C)c1. The van der Waals surface area contributed by atoms with Crippen LogP contribution in [-0.4, -0.2) is 11.1 Å². The van der Waals surface area contributed by atoms with Gasteiger partial charge in [-0.05, 0) is 18.4 Å². The zero-order valence-corrected chi connectivity index (χ0v) is 9.97. The molecule has 16 heavy (non-hydrogen) atoms. The molecule has 2 unspecified atom stereocenters. The Morgan fingerprint density at radius 2 is 2.00 bits per heavy atom. The molecule has 0 aliphatic heterocycles. The van der Waals surface area contributed by atoms with Crippen molar-refractivity contribution in [3.63, 3.8) is 0 Å². The molecule has 0 spiro atoms. The van der Waals surface area contributed by atoms with Crippen LogP contribution in [0.1, 0.15) is 31.0 Å². The number of hydrogen-bond donors (Lipinski definition) is 2. The topological polar surface area (TPSA) is 63.3 Å². The lowest BCUT2D eigenvalue weighted by molar-refractivity contribution is -0.144. The summed E-state index contributed by atoms with van der Waals surface area (Å²) in [6.07, 6.45) is 0. The van der Waals surface area contributed by atoms with Crippen molar-refractivity contribution in [1.29, 1.82) is 0 Å². The molecule has 88 valence electrons. The Morgan fingerprint density at radius 1 is 1.38 bits per heavy atom. The molecule has 3 heteroatoms. The third-order valence-corrected chi connectivity index (χ3v) is 2.82. The fraction of sp³-hybridized carbons (Fsp3) is 0.462. The second-order valence-electron chi connectivity index (χ2n) is 4.55. The van der Waals surface area contributed by atoms with E-state index < -0.39 is 17.9 Å². The largest absolute Gasteiger partial charge is 0.481 e. The van der Waals surface area contributed by atoms with Gasteiger partial charge in [0.15, 0.2) is 0 Å². The van der Waals surface area contributed by atoms with Crippen LogP contribution in [0.2, 0.25) is 0 Å². The molecule has 3 N–H and O–H groups in total. The number of hydrogen-bond acceptors (Lipinski definition) is 2. The van der Waals surface area contributed by atoms with Gasteiger partial charge in [-0.25, -0.2) is 0 Å². The Bertz CT molecular complexity index is 374. The van der Waals surface area contributed by atoms with Crippen molar-refractivity contribution < 1.29 is 9.90 Å². The van der Waals surface area contributed by atoms with E-state index in [1.54, 1.807) is 0 Å². The molecule has 1 aromatic carbocycles. The second-order valence-corrected chi connectivity index (χ2v) is 4.55. The molecule has 0 aliphatic rings. The van der Waals surface area contributed by atoms with Gasteiger partial charge >= 0.3 is 5.97 Å². The maximum Gasteiger partial charge on any atom is 0.308 e. The first-order chi connectivity index (χ1) is 7.43. The summed E-state index contributed by atoms with van der Waals surface area (Å²) < 4.78 is 0. The van der Waals surface area contributed by atoms with E-state index in [9.17, 15) is 4.79 Å². The normalized spacial score (nSPS) is 14.8. The average molecular weight is 221 g/mol. The number of nitrogens with two attached hydrogens (primary N) is 1.